The van der Waals surface area contributed by atoms with Crippen molar-refractivity contribution in [1.82, 2.24) is 10.6 Å². The van der Waals surface area contributed by atoms with E-state index in [2.05, 4.69) is 10.6 Å². The van der Waals surface area contributed by atoms with Gasteiger partial charge in [0, 0.05) is 20.3 Å². The summed E-state index contributed by atoms with van der Waals surface area (Å²) in [5.41, 5.74) is 0. The van der Waals surface area contributed by atoms with E-state index in [1.807, 2.05) is 0 Å². The third kappa shape index (κ3) is 12.9. The van der Waals surface area contributed by atoms with Gasteiger partial charge in [-0.25, -0.2) is 4.79 Å². The van der Waals surface area contributed by atoms with E-state index < -0.39 is 210 Å². The minimum absolute atomic E-state index is 0.830. The predicted octanol–water partition coefficient (Wildman–Crippen LogP) is -11.8. The van der Waals surface area contributed by atoms with E-state index in [4.69, 9.17) is 37.9 Å². The van der Waals surface area contributed by atoms with E-state index in [1.165, 1.54) is 6.92 Å². The molecule has 0 aromatic carbocycles. The third-order valence-electron chi connectivity index (χ3n) is 11.7. The van der Waals surface area contributed by atoms with Crippen LogP contribution in [-0.2, 0) is 52.3 Å². The van der Waals surface area contributed by atoms with Crippen LogP contribution in [0.5, 0.6) is 0 Å². The SMILES string of the molecule is CC(=O)N[C@H]1[C@H](O[C@@H]([C@@H](O)[C@H](O)CO)[C@@H](O)CO)O[C@H](CO)[C@@H](O[C@@H]2O[C@@H](C)[C@@H](O)[C@@H](O)[C@@H]2O)[C@@H]1O[C@@H]1O[C@H](CO)[C@H](O)[C@H](O[C@]2(C(=O)O)C[C@H](O)[C@@H](NC(C)=O)[C@H]([C@H](O)[C@H](O)CO)O2)[C@H]1O. The van der Waals surface area contributed by atoms with Crippen LogP contribution in [0.1, 0.15) is 27.2 Å². The Bertz CT molecular complexity index is 1590. The number of carbonyl (C=O) groups is 3. The Kier molecular flexibility index (Phi) is 20.9. The van der Waals surface area contributed by atoms with Crippen LogP contribution in [0.25, 0.3) is 0 Å². The second kappa shape index (κ2) is 24.5. The van der Waals surface area contributed by atoms with Gasteiger partial charge in [-0.15, -0.1) is 0 Å². The molecule has 30 heteroatoms. The molecule has 0 bridgehead atoms. The highest BCUT2D eigenvalue weighted by Gasteiger charge is 2.61. The van der Waals surface area contributed by atoms with Gasteiger partial charge >= 0.3 is 5.97 Å². The molecular formula is C37H64N2O28. The first-order chi connectivity index (χ1) is 31.4. The molecular weight excluding hydrogens is 920 g/mol. The summed E-state index contributed by atoms with van der Waals surface area (Å²) in [6.45, 7) is -2.48. The lowest BCUT2D eigenvalue weighted by Crippen LogP contribution is -2.72. The molecule has 0 aromatic rings. The fraction of sp³-hybridized carbons (Fsp3) is 0.919. The number of hydrogen-bond donors (Lipinski definition) is 19. The van der Waals surface area contributed by atoms with Crippen molar-refractivity contribution >= 4 is 17.8 Å². The van der Waals surface area contributed by atoms with E-state index >= 15 is 0 Å². The zero-order chi connectivity index (χ0) is 50.4. The molecule has 0 aliphatic carbocycles. The van der Waals surface area contributed by atoms with Gasteiger partial charge in [0.05, 0.1) is 51.3 Å². The molecule has 4 fully saturated rings. The Labute approximate surface area is 380 Å². The first-order valence-corrected chi connectivity index (χ1v) is 21.0. The highest BCUT2D eigenvalue weighted by Crippen LogP contribution is 2.39. The summed E-state index contributed by atoms with van der Waals surface area (Å²) < 4.78 is 46.4. The van der Waals surface area contributed by atoms with Gasteiger partial charge in [-0.2, -0.15) is 0 Å². The quantitative estimate of drug-likeness (QED) is 0.0508. The maximum atomic E-state index is 13.1. The van der Waals surface area contributed by atoms with Crippen LogP contribution in [0, 0.1) is 0 Å². The van der Waals surface area contributed by atoms with E-state index in [0.29, 0.717) is 0 Å². The first kappa shape index (κ1) is 57.0. The van der Waals surface area contributed by atoms with Crippen molar-refractivity contribution in [3.05, 3.63) is 0 Å². The average Bonchev–Trinajstić information content (AvgIpc) is 3.29. The highest BCUT2D eigenvalue weighted by atomic mass is 16.8. The second-order valence-electron chi connectivity index (χ2n) is 16.6. The van der Waals surface area contributed by atoms with Crippen molar-refractivity contribution in [2.75, 3.05) is 33.0 Å². The van der Waals surface area contributed by atoms with Crippen molar-refractivity contribution in [2.45, 2.75) is 180 Å². The Morgan fingerprint density at radius 1 is 0.642 bits per heavy atom. The lowest BCUT2D eigenvalue weighted by molar-refractivity contribution is -0.393. The largest absolute Gasteiger partial charge is 0.477 e. The number of carbonyl (C=O) groups excluding carboxylic acids is 2. The molecule has 67 heavy (non-hydrogen) atoms. The van der Waals surface area contributed by atoms with Gasteiger partial charge in [0.25, 0.3) is 5.79 Å². The summed E-state index contributed by atoms with van der Waals surface area (Å²) in [7, 11) is 0. The molecule has 0 radical (unpaired) electrons. The van der Waals surface area contributed by atoms with Crippen LogP contribution >= 0.6 is 0 Å². The highest BCUT2D eigenvalue weighted by molar-refractivity contribution is 5.76. The van der Waals surface area contributed by atoms with Crippen molar-refractivity contribution in [1.29, 1.82) is 0 Å². The standard InChI is InChI=1S/C37H64N2O28/c1-10-21(51)25(55)26(56)34(60-10)64-29-18(9-44)62-33(63-28(16(50)7-42)22(52)14(48)5-40)20(39-12(3)46)31(29)65-35-27(57)32(24(54)17(8-43)61-35)67-37(36(58)59)4-13(47)19(38-11(2)45)30(66-37)23(53)15(49)6-41/h10,13-35,40-44,47-57H,4-9H2,1-3H3,(H,38,45)(H,39,46)(H,58,59)/t10-,13-,14+,15+,16-,17+,18+,19+,20+,21+,22-,23+,24-,25+,26-,27+,28+,29+,30+,31+,32-,33-,34-,35-,37-/m0/s1. The molecule has 0 spiro atoms. The van der Waals surface area contributed by atoms with Crippen LogP contribution in [0.15, 0.2) is 0 Å². The van der Waals surface area contributed by atoms with Crippen LogP contribution < -0.4 is 10.6 Å². The lowest BCUT2D eigenvalue weighted by Gasteiger charge is -2.52. The second-order valence-corrected chi connectivity index (χ2v) is 16.6. The number of rotatable bonds is 21. The maximum absolute atomic E-state index is 13.1. The molecule has 30 nitrogen and oxygen atoms in total. The Balaban J connectivity index is 1.84. The fourth-order valence-corrected chi connectivity index (χ4v) is 8.07. The number of carboxylic acid groups (broad SMARTS) is 1. The smallest absolute Gasteiger partial charge is 0.364 e. The van der Waals surface area contributed by atoms with Gasteiger partial charge in [-0.05, 0) is 6.92 Å². The minimum Gasteiger partial charge on any atom is -0.477 e. The number of hydrogen-bond acceptors (Lipinski definition) is 27. The van der Waals surface area contributed by atoms with E-state index in [-0.39, 0.29) is 0 Å². The summed E-state index contributed by atoms with van der Waals surface area (Å²) in [5, 5.41) is 184. The predicted molar refractivity (Wildman–Crippen MR) is 208 cm³/mol. The third-order valence-corrected chi connectivity index (χ3v) is 11.7. The van der Waals surface area contributed by atoms with Gasteiger partial charge < -0.3 is 135 Å². The summed E-state index contributed by atoms with van der Waals surface area (Å²) >= 11 is 0. The van der Waals surface area contributed by atoms with E-state index in [0.717, 1.165) is 13.8 Å². The zero-order valence-corrected chi connectivity index (χ0v) is 36.2. The molecule has 4 heterocycles. The Morgan fingerprint density at radius 2 is 1.18 bits per heavy atom. The summed E-state index contributed by atoms with van der Waals surface area (Å²) in [6.07, 6.45) is -46.1. The molecule has 4 saturated heterocycles. The number of carboxylic acids is 1. The first-order valence-electron chi connectivity index (χ1n) is 21.0. The number of ether oxygens (including phenoxy) is 8. The maximum Gasteiger partial charge on any atom is 0.364 e. The topological polar surface area (TPSA) is 493 Å². The lowest BCUT2D eigenvalue weighted by atomic mass is 9.88. The Hall–Kier alpha value is -2.55. The van der Waals surface area contributed by atoms with Crippen LogP contribution in [0.2, 0.25) is 0 Å². The van der Waals surface area contributed by atoms with Crippen molar-refractivity contribution in [3.63, 3.8) is 0 Å². The number of aliphatic carboxylic acids is 1. The molecule has 0 saturated carbocycles. The average molecular weight is 985 g/mol. The van der Waals surface area contributed by atoms with Gasteiger partial charge in [-0.1, -0.05) is 0 Å². The molecule has 4 aliphatic rings. The van der Waals surface area contributed by atoms with E-state index in [1.54, 1.807) is 0 Å². The van der Waals surface area contributed by atoms with Gasteiger partial charge in [-0.3, -0.25) is 9.59 Å². The monoisotopic (exact) mass is 984 g/mol. The Morgan fingerprint density at radius 3 is 1.72 bits per heavy atom. The number of aliphatic hydroxyl groups is 16. The van der Waals surface area contributed by atoms with E-state index in [9.17, 15) is 101 Å². The van der Waals surface area contributed by atoms with Crippen molar-refractivity contribution < 1.29 is 139 Å². The fourth-order valence-electron chi connectivity index (χ4n) is 8.07. The molecule has 2 amide bonds. The molecule has 25 atom stereocenters. The summed E-state index contributed by atoms with van der Waals surface area (Å²) in [4.78, 5) is 38.0. The molecule has 390 valence electrons. The van der Waals surface area contributed by atoms with Crippen LogP contribution in [0.4, 0.5) is 0 Å². The molecule has 4 rings (SSSR count). The number of aliphatic hydroxyl groups excluding tert-OH is 16. The molecule has 0 aromatic heterocycles. The van der Waals surface area contributed by atoms with Crippen molar-refractivity contribution in [3.8, 4) is 0 Å². The zero-order valence-electron chi connectivity index (χ0n) is 36.2. The van der Waals surface area contributed by atoms with Crippen molar-refractivity contribution in [2.24, 2.45) is 0 Å². The van der Waals surface area contributed by atoms with Crippen LogP contribution in [-0.4, -0.2) is 290 Å². The molecule has 4 aliphatic heterocycles. The van der Waals surface area contributed by atoms with Gasteiger partial charge in [0.2, 0.25) is 11.8 Å². The van der Waals surface area contributed by atoms with Gasteiger partial charge in [0.15, 0.2) is 18.9 Å². The van der Waals surface area contributed by atoms with Crippen LogP contribution in [0.3, 0.4) is 0 Å². The summed E-state index contributed by atoms with van der Waals surface area (Å²) in [6, 6.07) is -3.60. The van der Waals surface area contributed by atoms with Gasteiger partial charge in [0.1, 0.15) is 110 Å². The molecule has 19 N–H and O–H groups in total. The normalized spacial score (nSPS) is 42.1. The minimum atomic E-state index is -3.23. The number of nitrogens with one attached hydrogen (secondary N) is 2. The summed E-state index contributed by atoms with van der Waals surface area (Å²) in [5.74, 6) is -7.10. The molecule has 0 unspecified atom stereocenters. The number of amides is 2.